The number of anilines is 3. The van der Waals surface area contributed by atoms with Gasteiger partial charge in [-0.05, 0) is 67.6 Å². The fraction of sp³-hybridized carbons (Fsp3) is 0.167. The van der Waals surface area contributed by atoms with Gasteiger partial charge in [-0.1, -0.05) is 17.7 Å². The number of halogens is 1. The summed E-state index contributed by atoms with van der Waals surface area (Å²) in [5.74, 6) is -1.54. The van der Waals surface area contributed by atoms with Crippen molar-refractivity contribution in [3.05, 3.63) is 84.2 Å². The van der Waals surface area contributed by atoms with Crippen molar-refractivity contribution in [1.29, 1.82) is 0 Å². The van der Waals surface area contributed by atoms with Crippen molar-refractivity contribution in [1.82, 2.24) is 0 Å². The Morgan fingerprint density at radius 2 is 1.55 bits per heavy atom. The molecule has 0 radical (unpaired) electrons. The van der Waals surface area contributed by atoms with Crippen molar-refractivity contribution in [2.75, 3.05) is 21.5 Å². The lowest BCUT2D eigenvalue weighted by atomic mass is 10.1. The number of sulfonamides is 1. The van der Waals surface area contributed by atoms with Crippen molar-refractivity contribution in [2.45, 2.75) is 18.2 Å². The van der Waals surface area contributed by atoms with Crippen LogP contribution in [0.3, 0.4) is 0 Å². The highest BCUT2D eigenvalue weighted by atomic mass is 32.2. The van der Waals surface area contributed by atoms with Gasteiger partial charge in [-0.2, -0.15) is 0 Å². The molecule has 0 aliphatic carbocycles. The van der Waals surface area contributed by atoms with Gasteiger partial charge < -0.3 is 10.2 Å². The minimum atomic E-state index is -3.78. The molecule has 2 N–H and O–H groups in total. The Morgan fingerprint density at radius 3 is 2.18 bits per heavy atom. The Balaban J connectivity index is 1.39. The summed E-state index contributed by atoms with van der Waals surface area (Å²) in [6.45, 7) is 2.09. The number of benzene rings is 3. The van der Waals surface area contributed by atoms with Crippen LogP contribution < -0.4 is 14.9 Å². The third-order valence-corrected chi connectivity index (χ3v) is 6.77. The molecule has 1 saturated heterocycles. The first-order valence-electron chi connectivity index (χ1n) is 10.3. The van der Waals surface area contributed by atoms with Gasteiger partial charge in [0, 0.05) is 30.0 Å². The lowest BCUT2D eigenvalue weighted by Gasteiger charge is -2.16. The summed E-state index contributed by atoms with van der Waals surface area (Å²) in [6, 6.07) is 18.3. The number of rotatable bonds is 6. The predicted octanol–water partition coefficient (Wildman–Crippen LogP) is 3.93. The number of hydrogen-bond acceptors (Lipinski definition) is 4. The van der Waals surface area contributed by atoms with Gasteiger partial charge in [-0.25, -0.2) is 12.8 Å². The van der Waals surface area contributed by atoms with Gasteiger partial charge in [0.2, 0.25) is 11.8 Å². The van der Waals surface area contributed by atoms with Crippen LogP contribution in [0.15, 0.2) is 77.7 Å². The molecule has 2 amide bonds. The molecule has 3 aromatic carbocycles. The van der Waals surface area contributed by atoms with Crippen LogP contribution in [0.4, 0.5) is 21.5 Å². The number of hydrogen-bond donors (Lipinski definition) is 2. The summed E-state index contributed by atoms with van der Waals surface area (Å²) < 4.78 is 40.8. The number of carbonyl (C=O) groups excluding carboxylic acids is 2. The van der Waals surface area contributed by atoms with E-state index in [4.69, 9.17) is 0 Å². The molecule has 4 rings (SSSR count). The van der Waals surface area contributed by atoms with E-state index in [2.05, 4.69) is 10.0 Å². The minimum Gasteiger partial charge on any atom is -0.326 e. The molecule has 0 spiro atoms. The van der Waals surface area contributed by atoms with Crippen LogP contribution in [0.2, 0.25) is 0 Å². The van der Waals surface area contributed by atoms with Crippen molar-refractivity contribution in [3.8, 4) is 0 Å². The van der Waals surface area contributed by atoms with Gasteiger partial charge in [-0.15, -0.1) is 0 Å². The van der Waals surface area contributed by atoms with Crippen molar-refractivity contribution < 1.29 is 22.4 Å². The molecule has 1 heterocycles. The maximum atomic E-state index is 13.1. The third-order valence-electron chi connectivity index (χ3n) is 5.37. The summed E-state index contributed by atoms with van der Waals surface area (Å²) in [7, 11) is -3.78. The van der Waals surface area contributed by atoms with Crippen molar-refractivity contribution in [2.24, 2.45) is 5.92 Å². The number of aryl methyl sites for hydroxylation is 1. The lowest BCUT2D eigenvalue weighted by molar-refractivity contribution is -0.122. The maximum absolute atomic E-state index is 13.1. The number of carbonyl (C=O) groups is 2. The van der Waals surface area contributed by atoms with Crippen LogP contribution >= 0.6 is 0 Å². The van der Waals surface area contributed by atoms with Crippen LogP contribution in [0.5, 0.6) is 0 Å². The van der Waals surface area contributed by atoms with E-state index in [1.54, 1.807) is 24.3 Å². The summed E-state index contributed by atoms with van der Waals surface area (Å²) in [5.41, 5.74) is 2.42. The maximum Gasteiger partial charge on any atom is 0.261 e. The second kappa shape index (κ2) is 9.03. The van der Waals surface area contributed by atoms with Gasteiger partial charge in [0.05, 0.1) is 10.8 Å². The van der Waals surface area contributed by atoms with Crippen LogP contribution in [-0.2, 0) is 19.6 Å². The molecule has 1 aliphatic heterocycles. The van der Waals surface area contributed by atoms with Crippen molar-refractivity contribution in [3.63, 3.8) is 0 Å². The highest BCUT2D eigenvalue weighted by Gasteiger charge is 2.35. The monoisotopic (exact) mass is 467 g/mol. The average Bonchev–Trinajstić information content (AvgIpc) is 3.18. The molecule has 0 saturated carbocycles. The normalized spacial score (nSPS) is 16.0. The topological polar surface area (TPSA) is 95.6 Å². The molecular formula is C24H22FN3O4S. The first kappa shape index (κ1) is 22.5. The van der Waals surface area contributed by atoms with E-state index in [1.165, 1.54) is 53.4 Å². The Labute approximate surface area is 191 Å². The van der Waals surface area contributed by atoms with Crippen LogP contribution in [-0.4, -0.2) is 26.8 Å². The predicted molar refractivity (Wildman–Crippen MR) is 124 cm³/mol. The van der Waals surface area contributed by atoms with Crippen LogP contribution in [0.25, 0.3) is 0 Å². The van der Waals surface area contributed by atoms with Gasteiger partial charge >= 0.3 is 0 Å². The van der Waals surface area contributed by atoms with E-state index in [9.17, 15) is 22.4 Å². The highest BCUT2D eigenvalue weighted by molar-refractivity contribution is 7.92. The quantitative estimate of drug-likeness (QED) is 0.574. The van der Waals surface area contributed by atoms with Gasteiger partial charge in [0.25, 0.3) is 10.0 Å². The fourth-order valence-corrected chi connectivity index (χ4v) is 4.61. The molecule has 9 heteroatoms. The summed E-state index contributed by atoms with van der Waals surface area (Å²) in [5, 5.41) is 2.73. The molecule has 170 valence electrons. The van der Waals surface area contributed by atoms with E-state index in [1.807, 2.05) is 6.92 Å². The average molecular weight is 468 g/mol. The van der Waals surface area contributed by atoms with Gasteiger partial charge in [0.15, 0.2) is 0 Å². The lowest BCUT2D eigenvalue weighted by Crippen LogP contribution is -2.28. The second-order valence-corrected chi connectivity index (χ2v) is 9.55. The Bertz CT molecular complexity index is 1270. The summed E-state index contributed by atoms with van der Waals surface area (Å²) >= 11 is 0. The van der Waals surface area contributed by atoms with E-state index in [0.29, 0.717) is 17.1 Å². The van der Waals surface area contributed by atoms with Gasteiger partial charge in [-0.3, -0.25) is 14.3 Å². The summed E-state index contributed by atoms with van der Waals surface area (Å²) in [6.07, 6.45) is 0.0378. The molecule has 0 bridgehead atoms. The number of amides is 2. The molecule has 3 aromatic rings. The highest BCUT2D eigenvalue weighted by Crippen LogP contribution is 2.26. The number of nitrogens with zero attached hydrogens (tertiary/aromatic N) is 1. The van der Waals surface area contributed by atoms with E-state index in [-0.39, 0.29) is 29.7 Å². The molecule has 0 aromatic heterocycles. The largest absolute Gasteiger partial charge is 0.326 e. The van der Waals surface area contributed by atoms with Crippen LogP contribution in [0, 0.1) is 18.7 Å². The second-order valence-electron chi connectivity index (χ2n) is 7.87. The smallest absolute Gasteiger partial charge is 0.261 e. The molecule has 1 atom stereocenters. The van der Waals surface area contributed by atoms with E-state index in [0.717, 1.165) is 5.56 Å². The fourth-order valence-electron chi connectivity index (χ4n) is 3.55. The third kappa shape index (κ3) is 5.20. The first-order valence-corrected chi connectivity index (χ1v) is 11.8. The zero-order chi connectivity index (χ0) is 23.6. The zero-order valence-corrected chi connectivity index (χ0v) is 18.6. The van der Waals surface area contributed by atoms with E-state index < -0.39 is 21.8 Å². The minimum absolute atomic E-state index is 0.0378. The summed E-state index contributed by atoms with van der Waals surface area (Å²) in [4.78, 5) is 26.5. The zero-order valence-electron chi connectivity index (χ0n) is 17.8. The Kier molecular flexibility index (Phi) is 6.15. The first-order chi connectivity index (χ1) is 15.7. The van der Waals surface area contributed by atoms with Crippen molar-refractivity contribution >= 4 is 38.9 Å². The standard InChI is InChI=1S/C24H22FN3O4S/c1-16-2-6-20(7-3-16)27-33(31,32)22-12-8-19(9-13-22)26-24(30)17-14-23(29)28(15-17)21-10-4-18(25)5-11-21/h2-13,17,27H,14-15H2,1H3,(H,26,30). The number of nitrogens with one attached hydrogen (secondary N) is 2. The Hall–Kier alpha value is -3.72. The molecular weight excluding hydrogens is 445 g/mol. The van der Waals surface area contributed by atoms with Gasteiger partial charge in [0.1, 0.15) is 5.82 Å². The SMILES string of the molecule is Cc1ccc(NS(=O)(=O)c2ccc(NC(=O)C3CC(=O)N(c4ccc(F)cc4)C3)cc2)cc1. The molecule has 1 fully saturated rings. The Morgan fingerprint density at radius 1 is 0.939 bits per heavy atom. The molecule has 7 nitrogen and oxygen atoms in total. The molecule has 1 unspecified atom stereocenters. The van der Waals surface area contributed by atoms with E-state index >= 15 is 0 Å². The van der Waals surface area contributed by atoms with Crippen LogP contribution in [0.1, 0.15) is 12.0 Å². The molecule has 1 aliphatic rings. The molecule has 33 heavy (non-hydrogen) atoms.